The molecule has 0 aliphatic rings. The molecule has 0 aliphatic heterocycles. The lowest BCUT2D eigenvalue weighted by molar-refractivity contribution is -0.136. The SMILES string of the molecule is CCSCCC(NS(=O)(=O)c1ccc(Br)cc1)C(=O)Nc1ccc(CC(=O)O)cc1. The maximum Gasteiger partial charge on any atom is 0.307 e. The standard InChI is InChI=1S/C20H23BrN2O5S2/c1-2-29-12-11-18(23-30(27,28)17-9-5-15(21)6-10-17)20(26)22-16-7-3-14(4-8-16)13-19(24)25/h3-10,18,23H,2,11-13H2,1H3,(H,22,26)(H,24,25). The van der Waals surface area contributed by atoms with Gasteiger partial charge in [0.05, 0.1) is 11.3 Å². The molecule has 0 saturated carbocycles. The summed E-state index contributed by atoms with van der Waals surface area (Å²) in [5, 5.41) is 11.5. The van der Waals surface area contributed by atoms with Crippen molar-refractivity contribution in [3.63, 3.8) is 0 Å². The molecule has 0 bridgehead atoms. The van der Waals surface area contributed by atoms with E-state index in [2.05, 4.69) is 26.0 Å². The highest BCUT2D eigenvalue weighted by Gasteiger charge is 2.25. The van der Waals surface area contributed by atoms with Crippen LogP contribution in [0.3, 0.4) is 0 Å². The Morgan fingerprint density at radius 1 is 1.10 bits per heavy atom. The fraction of sp³-hybridized carbons (Fsp3) is 0.300. The van der Waals surface area contributed by atoms with Crippen molar-refractivity contribution in [2.24, 2.45) is 0 Å². The Hall–Kier alpha value is -1.88. The Balaban J connectivity index is 2.13. The number of halogens is 1. The monoisotopic (exact) mass is 514 g/mol. The van der Waals surface area contributed by atoms with Gasteiger partial charge in [0.15, 0.2) is 0 Å². The lowest BCUT2D eigenvalue weighted by Crippen LogP contribution is -2.44. The molecule has 0 spiro atoms. The van der Waals surface area contributed by atoms with Crippen LogP contribution in [0.1, 0.15) is 18.9 Å². The van der Waals surface area contributed by atoms with Crippen molar-refractivity contribution in [1.29, 1.82) is 0 Å². The van der Waals surface area contributed by atoms with Gasteiger partial charge in [-0.05, 0) is 59.9 Å². The molecule has 0 fully saturated rings. The fourth-order valence-electron chi connectivity index (χ4n) is 2.57. The lowest BCUT2D eigenvalue weighted by atomic mass is 10.1. The smallest absolute Gasteiger partial charge is 0.307 e. The number of benzene rings is 2. The van der Waals surface area contributed by atoms with Crippen molar-refractivity contribution in [3.05, 3.63) is 58.6 Å². The van der Waals surface area contributed by atoms with E-state index in [0.717, 1.165) is 10.2 Å². The highest BCUT2D eigenvalue weighted by atomic mass is 79.9. The number of carboxylic acid groups (broad SMARTS) is 1. The molecular weight excluding hydrogens is 492 g/mol. The third-order valence-electron chi connectivity index (χ3n) is 4.07. The van der Waals surface area contributed by atoms with Gasteiger partial charge in [0, 0.05) is 10.2 Å². The Kier molecular flexibility index (Phi) is 9.35. The van der Waals surface area contributed by atoms with Crippen molar-refractivity contribution in [2.75, 3.05) is 16.8 Å². The molecule has 0 aromatic heterocycles. The molecule has 0 aliphatic carbocycles. The van der Waals surface area contributed by atoms with Crippen molar-refractivity contribution in [1.82, 2.24) is 4.72 Å². The van der Waals surface area contributed by atoms with Crippen LogP contribution in [0.4, 0.5) is 5.69 Å². The number of carboxylic acids is 1. The summed E-state index contributed by atoms with van der Waals surface area (Å²) in [6, 6.07) is 11.6. The number of hydrogen-bond acceptors (Lipinski definition) is 5. The lowest BCUT2D eigenvalue weighted by Gasteiger charge is -2.18. The Labute approximate surface area is 188 Å². The van der Waals surface area contributed by atoms with E-state index in [-0.39, 0.29) is 11.3 Å². The molecule has 1 unspecified atom stereocenters. The van der Waals surface area contributed by atoms with Crippen LogP contribution in [0, 0.1) is 0 Å². The number of sulfonamides is 1. The zero-order chi connectivity index (χ0) is 22.1. The second kappa shape index (κ2) is 11.5. The largest absolute Gasteiger partial charge is 0.481 e. The average molecular weight is 515 g/mol. The number of nitrogens with one attached hydrogen (secondary N) is 2. The molecule has 3 N–H and O–H groups in total. The van der Waals surface area contributed by atoms with Gasteiger partial charge >= 0.3 is 5.97 Å². The minimum Gasteiger partial charge on any atom is -0.481 e. The Morgan fingerprint density at radius 2 is 1.73 bits per heavy atom. The summed E-state index contributed by atoms with van der Waals surface area (Å²) in [5.41, 5.74) is 1.07. The van der Waals surface area contributed by atoms with Crippen LogP contribution in [0.25, 0.3) is 0 Å². The molecule has 1 amide bonds. The van der Waals surface area contributed by atoms with Crippen molar-refractivity contribution < 1.29 is 23.1 Å². The maximum absolute atomic E-state index is 12.8. The number of anilines is 1. The number of aliphatic carboxylic acids is 1. The van der Waals surface area contributed by atoms with Gasteiger partial charge in [-0.3, -0.25) is 9.59 Å². The highest BCUT2D eigenvalue weighted by molar-refractivity contribution is 9.10. The molecule has 7 nitrogen and oxygen atoms in total. The van der Waals surface area contributed by atoms with Gasteiger partial charge in [0.2, 0.25) is 15.9 Å². The van der Waals surface area contributed by atoms with Crippen LogP contribution in [0.2, 0.25) is 0 Å². The summed E-state index contributed by atoms with van der Waals surface area (Å²) in [6.45, 7) is 1.99. The van der Waals surface area contributed by atoms with Crippen LogP contribution in [-0.2, 0) is 26.0 Å². The summed E-state index contributed by atoms with van der Waals surface area (Å²) in [5.74, 6) is 0.0643. The maximum atomic E-state index is 12.8. The summed E-state index contributed by atoms with van der Waals surface area (Å²) >= 11 is 4.88. The number of hydrogen-bond donors (Lipinski definition) is 3. The first kappa shape index (κ1) is 24.4. The second-order valence-corrected chi connectivity index (χ2v) is 10.4. The Morgan fingerprint density at radius 3 is 2.30 bits per heavy atom. The number of carbonyl (C=O) groups excluding carboxylic acids is 1. The van der Waals surface area contributed by atoms with Crippen LogP contribution in [0.15, 0.2) is 57.9 Å². The number of carbonyl (C=O) groups is 2. The number of rotatable bonds is 11. The van der Waals surface area contributed by atoms with E-state index in [1.54, 1.807) is 48.2 Å². The van der Waals surface area contributed by atoms with Crippen LogP contribution in [-0.4, -0.2) is 42.9 Å². The zero-order valence-electron chi connectivity index (χ0n) is 16.3. The molecule has 2 aromatic carbocycles. The molecular formula is C20H23BrN2O5S2. The first-order valence-electron chi connectivity index (χ1n) is 9.18. The van der Waals surface area contributed by atoms with Gasteiger partial charge in [0.25, 0.3) is 0 Å². The molecule has 0 radical (unpaired) electrons. The van der Waals surface area contributed by atoms with Gasteiger partial charge in [0.1, 0.15) is 6.04 Å². The van der Waals surface area contributed by atoms with Crippen LogP contribution in [0.5, 0.6) is 0 Å². The fourth-order valence-corrected chi connectivity index (χ4v) is 4.75. The third kappa shape index (κ3) is 7.75. The van der Waals surface area contributed by atoms with Gasteiger partial charge in [-0.1, -0.05) is 35.0 Å². The first-order chi connectivity index (χ1) is 14.2. The van der Waals surface area contributed by atoms with Gasteiger partial charge in [-0.15, -0.1) is 0 Å². The van der Waals surface area contributed by atoms with E-state index in [4.69, 9.17) is 5.11 Å². The van der Waals surface area contributed by atoms with E-state index in [1.807, 2.05) is 6.92 Å². The van der Waals surface area contributed by atoms with E-state index >= 15 is 0 Å². The molecule has 10 heteroatoms. The third-order valence-corrected chi connectivity index (χ3v) is 7.02. The average Bonchev–Trinajstić information content (AvgIpc) is 2.68. The summed E-state index contributed by atoms with van der Waals surface area (Å²) in [7, 11) is -3.88. The minimum atomic E-state index is -3.88. The molecule has 1 atom stereocenters. The molecule has 0 heterocycles. The normalized spacial score (nSPS) is 12.3. The van der Waals surface area contributed by atoms with E-state index in [1.165, 1.54) is 12.1 Å². The predicted octanol–water partition coefficient (Wildman–Crippen LogP) is 3.51. The zero-order valence-corrected chi connectivity index (χ0v) is 19.5. The molecule has 30 heavy (non-hydrogen) atoms. The molecule has 2 aromatic rings. The van der Waals surface area contributed by atoms with Crippen LogP contribution >= 0.6 is 27.7 Å². The summed E-state index contributed by atoms with van der Waals surface area (Å²) < 4.78 is 28.7. The topological polar surface area (TPSA) is 113 Å². The summed E-state index contributed by atoms with van der Waals surface area (Å²) in [6.07, 6.45) is 0.218. The van der Waals surface area contributed by atoms with Crippen LogP contribution < -0.4 is 10.0 Å². The van der Waals surface area contributed by atoms with Gasteiger partial charge < -0.3 is 10.4 Å². The van der Waals surface area contributed by atoms with Gasteiger partial charge in [-0.25, -0.2) is 8.42 Å². The van der Waals surface area contributed by atoms with Crippen molar-refractivity contribution in [3.8, 4) is 0 Å². The van der Waals surface area contributed by atoms with Crippen molar-refractivity contribution >= 4 is 55.3 Å². The van der Waals surface area contributed by atoms with Crippen molar-refractivity contribution in [2.45, 2.75) is 30.7 Å². The molecule has 2 rings (SSSR count). The Bertz CT molecular complexity index is 964. The summed E-state index contributed by atoms with van der Waals surface area (Å²) in [4.78, 5) is 23.6. The van der Waals surface area contributed by atoms with E-state index < -0.39 is 27.9 Å². The number of amides is 1. The first-order valence-corrected chi connectivity index (χ1v) is 12.6. The van der Waals surface area contributed by atoms with Gasteiger partial charge in [-0.2, -0.15) is 16.5 Å². The quantitative estimate of drug-likeness (QED) is 0.395. The molecule has 0 saturated heterocycles. The highest BCUT2D eigenvalue weighted by Crippen LogP contribution is 2.17. The number of thioether (sulfide) groups is 1. The molecule has 162 valence electrons. The second-order valence-electron chi connectivity index (χ2n) is 6.37. The van der Waals surface area contributed by atoms with E-state index in [9.17, 15) is 18.0 Å². The minimum absolute atomic E-state index is 0.0738. The van der Waals surface area contributed by atoms with E-state index in [0.29, 0.717) is 23.4 Å². The predicted molar refractivity (Wildman–Crippen MR) is 122 cm³/mol.